The third kappa shape index (κ3) is 6.74. The van der Waals surface area contributed by atoms with Crippen molar-refractivity contribution in [3.8, 4) is 0 Å². The molecule has 1 aromatic rings. The van der Waals surface area contributed by atoms with Gasteiger partial charge in [-0.15, -0.1) is 0 Å². The summed E-state index contributed by atoms with van der Waals surface area (Å²) in [6.07, 6.45) is 6.39. The number of benzene rings is 1. The maximum Gasteiger partial charge on any atom is 0.0587 e. The fourth-order valence-corrected chi connectivity index (χ4v) is 2.73. The van der Waals surface area contributed by atoms with Crippen LogP contribution in [0.3, 0.4) is 0 Å². The van der Waals surface area contributed by atoms with Gasteiger partial charge in [0.15, 0.2) is 0 Å². The number of hydrogen-bond donors (Lipinski definition) is 1. The van der Waals surface area contributed by atoms with Crippen LogP contribution < -0.4 is 5.32 Å². The predicted molar refractivity (Wildman–Crippen MR) is 87.7 cm³/mol. The monoisotopic (exact) mass is 297 g/mol. The second-order valence-corrected chi connectivity index (χ2v) is 5.67. The predicted octanol–water partition coefficient (Wildman–Crippen LogP) is 4.63. The zero-order chi connectivity index (χ0) is 14.6. The lowest BCUT2D eigenvalue weighted by Gasteiger charge is -2.19. The van der Waals surface area contributed by atoms with E-state index in [1.807, 2.05) is 12.1 Å². The summed E-state index contributed by atoms with van der Waals surface area (Å²) < 4.78 is 5.08. The Morgan fingerprint density at radius 2 is 2.00 bits per heavy atom. The second kappa shape index (κ2) is 11.1. The van der Waals surface area contributed by atoms with Crippen LogP contribution in [0.4, 0.5) is 0 Å². The molecule has 0 saturated carbocycles. The van der Waals surface area contributed by atoms with Gasteiger partial charge >= 0.3 is 0 Å². The molecule has 3 heteroatoms. The van der Waals surface area contributed by atoms with Crippen molar-refractivity contribution in [1.82, 2.24) is 5.32 Å². The van der Waals surface area contributed by atoms with E-state index >= 15 is 0 Å². The molecule has 2 nitrogen and oxygen atoms in total. The number of nitrogens with one attached hydrogen (secondary N) is 1. The minimum atomic E-state index is 0.498. The first-order chi connectivity index (χ1) is 9.79. The van der Waals surface area contributed by atoms with Gasteiger partial charge in [0.1, 0.15) is 0 Å². The first kappa shape index (κ1) is 17.5. The lowest BCUT2D eigenvalue weighted by Crippen LogP contribution is -2.25. The summed E-state index contributed by atoms with van der Waals surface area (Å²) in [6, 6.07) is 8.23. The molecule has 0 aliphatic heterocycles. The van der Waals surface area contributed by atoms with E-state index in [1.54, 1.807) is 7.11 Å². The van der Waals surface area contributed by atoms with Gasteiger partial charge in [0, 0.05) is 25.2 Å². The highest BCUT2D eigenvalue weighted by molar-refractivity contribution is 6.31. The molecule has 1 atom stereocenters. The number of ether oxygens (including phenoxy) is 1. The molecule has 0 radical (unpaired) electrons. The minimum absolute atomic E-state index is 0.498. The van der Waals surface area contributed by atoms with Crippen LogP contribution in [0.15, 0.2) is 24.3 Å². The van der Waals surface area contributed by atoms with Gasteiger partial charge in [-0.05, 0) is 24.0 Å². The second-order valence-electron chi connectivity index (χ2n) is 5.26. The van der Waals surface area contributed by atoms with Crippen LogP contribution in [-0.4, -0.2) is 26.8 Å². The molecule has 0 fully saturated rings. The first-order valence-corrected chi connectivity index (χ1v) is 8.11. The van der Waals surface area contributed by atoms with Crippen molar-refractivity contribution in [2.45, 2.75) is 44.9 Å². The van der Waals surface area contributed by atoms with Crippen LogP contribution in [0.2, 0.25) is 5.02 Å². The van der Waals surface area contributed by atoms with Gasteiger partial charge < -0.3 is 10.1 Å². The molecule has 1 unspecified atom stereocenters. The van der Waals surface area contributed by atoms with E-state index in [-0.39, 0.29) is 0 Å². The van der Waals surface area contributed by atoms with Gasteiger partial charge in [-0.1, -0.05) is 62.4 Å². The smallest absolute Gasteiger partial charge is 0.0587 e. The number of halogens is 1. The van der Waals surface area contributed by atoms with Crippen molar-refractivity contribution < 1.29 is 4.74 Å². The van der Waals surface area contributed by atoms with Gasteiger partial charge in [-0.3, -0.25) is 0 Å². The van der Waals surface area contributed by atoms with Gasteiger partial charge in [-0.2, -0.15) is 0 Å². The zero-order valence-electron chi connectivity index (χ0n) is 12.8. The van der Waals surface area contributed by atoms with Gasteiger partial charge in [0.05, 0.1) is 6.61 Å². The van der Waals surface area contributed by atoms with Gasteiger partial charge in [0.2, 0.25) is 0 Å². The molecule has 0 heterocycles. The largest absolute Gasteiger partial charge is 0.383 e. The summed E-state index contributed by atoms with van der Waals surface area (Å²) in [6.45, 7) is 4.87. The van der Waals surface area contributed by atoms with E-state index in [0.717, 1.165) is 24.7 Å². The molecule has 0 aliphatic carbocycles. The van der Waals surface area contributed by atoms with E-state index in [0.29, 0.717) is 5.92 Å². The lowest BCUT2D eigenvalue weighted by molar-refractivity contribution is 0.198. The van der Waals surface area contributed by atoms with Crippen LogP contribution >= 0.6 is 11.6 Å². The lowest BCUT2D eigenvalue weighted by atomic mass is 9.93. The minimum Gasteiger partial charge on any atom is -0.383 e. The van der Waals surface area contributed by atoms with E-state index in [1.165, 1.54) is 37.7 Å². The number of methoxy groups -OCH3 is 1. The molecule has 20 heavy (non-hydrogen) atoms. The highest BCUT2D eigenvalue weighted by Crippen LogP contribution is 2.28. The van der Waals surface area contributed by atoms with E-state index in [2.05, 4.69) is 24.4 Å². The molecule has 0 saturated heterocycles. The van der Waals surface area contributed by atoms with Crippen molar-refractivity contribution in [2.24, 2.45) is 0 Å². The number of hydrogen-bond acceptors (Lipinski definition) is 2. The fraction of sp³-hybridized carbons (Fsp3) is 0.647. The summed E-state index contributed by atoms with van der Waals surface area (Å²) >= 11 is 6.35. The molecule has 0 aromatic heterocycles. The van der Waals surface area contributed by atoms with Crippen LogP contribution in [0.1, 0.15) is 50.5 Å². The molecule has 0 bridgehead atoms. The highest BCUT2D eigenvalue weighted by atomic mass is 35.5. The number of rotatable bonds is 11. The van der Waals surface area contributed by atoms with Crippen molar-refractivity contribution in [1.29, 1.82) is 0 Å². The van der Waals surface area contributed by atoms with Gasteiger partial charge in [-0.25, -0.2) is 0 Å². The van der Waals surface area contributed by atoms with Crippen LogP contribution in [0.5, 0.6) is 0 Å². The van der Waals surface area contributed by atoms with Crippen molar-refractivity contribution in [3.63, 3.8) is 0 Å². The quantitative estimate of drug-likeness (QED) is 0.601. The Morgan fingerprint density at radius 1 is 1.20 bits per heavy atom. The van der Waals surface area contributed by atoms with E-state index < -0.39 is 0 Å². The summed E-state index contributed by atoms with van der Waals surface area (Å²) in [4.78, 5) is 0. The first-order valence-electron chi connectivity index (χ1n) is 7.73. The normalized spacial score (nSPS) is 12.6. The van der Waals surface area contributed by atoms with Crippen molar-refractivity contribution in [2.75, 3.05) is 26.8 Å². The number of unbranched alkanes of at least 4 members (excludes halogenated alkanes) is 3. The molecule has 1 rings (SSSR count). The Morgan fingerprint density at radius 3 is 2.70 bits per heavy atom. The van der Waals surface area contributed by atoms with Crippen molar-refractivity contribution in [3.05, 3.63) is 34.9 Å². The SMILES string of the molecule is CCCCCCC(CNCCOC)c1ccccc1Cl. The summed E-state index contributed by atoms with van der Waals surface area (Å²) in [5.41, 5.74) is 1.27. The Labute approximate surface area is 128 Å². The average Bonchev–Trinajstić information content (AvgIpc) is 2.46. The average molecular weight is 298 g/mol. The Bertz CT molecular complexity index is 345. The molecule has 1 N–H and O–H groups in total. The van der Waals surface area contributed by atoms with E-state index in [9.17, 15) is 0 Å². The summed E-state index contributed by atoms with van der Waals surface area (Å²) in [5, 5.41) is 4.36. The van der Waals surface area contributed by atoms with Crippen molar-refractivity contribution >= 4 is 11.6 Å². The van der Waals surface area contributed by atoms with E-state index in [4.69, 9.17) is 16.3 Å². The molecule has 0 amide bonds. The highest BCUT2D eigenvalue weighted by Gasteiger charge is 2.13. The molecular formula is C17H28ClNO. The topological polar surface area (TPSA) is 21.3 Å². The summed E-state index contributed by atoms with van der Waals surface area (Å²) in [7, 11) is 1.73. The molecule has 0 aliphatic rings. The Hall–Kier alpha value is -0.570. The standard InChI is InChI=1S/C17H28ClNO/c1-3-4-5-6-9-15(14-19-12-13-20-2)16-10-7-8-11-17(16)18/h7-8,10-11,15,19H,3-6,9,12-14H2,1-2H3. The van der Waals surface area contributed by atoms with Gasteiger partial charge in [0.25, 0.3) is 0 Å². The maximum absolute atomic E-state index is 6.35. The Balaban J connectivity index is 2.52. The third-order valence-corrected chi connectivity index (χ3v) is 3.97. The fourth-order valence-electron chi connectivity index (χ4n) is 2.44. The summed E-state index contributed by atoms with van der Waals surface area (Å²) in [5.74, 6) is 0.498. The molecule has 1 aromatic carbocycles. The third-order valence-electron chi connectivity index (χ3n) is 3.62. The van der Waals surface area contributed by atoms with Crippen LogP contribution in [0.25, 0.3) is 0 Å². The molecule has 114 valence electrons. The van der Waals surface area contributed by atoms with Crippen LogP contribution in [-0.2, 0) is 4.74 Å². The molecular weight excluding hydrogens is 270 g/mol. The zero-order valence-corrected chi connectivity index (χ0v) is 13.6. The van der Waals surface area contributed by atoms with Crippen LogP contribution in [0, 0.1) is 0 Å². The Kier molecular flexibility index (Phi) is 9.73. The molecule has 0 spiro atoms. The maximum atomic E-state index is 6.35.